The maximum atomic E-state index is 12.2. The number of methoxy groups -OCH3 is 1. The van der Waals surface area contributed by atoms with Crippen molar-refractivity contribution in [2.75, 3.05) is 21.3 Å². The zero-order valence-electron chi connectivity index (χ0n) is 11.7. The lowest BCUT2D eigenvalue weighted by molar-refractivity contribution is -0.171. The van der Waals surface area contributed by atoms with Crippen LogP contribution in [0.15, 0.2) is 24.3 Å². The summed E-state index contributed by atoms with van der Waals surface area (Å²) in [5.74, 6) is -0.118. The number of hydroxylamine groups is 2. The third kappa shape index (κ3) is 4.06. The van der Waals surface area contributed by atoms with Crippen molar-refractivity contribution in [3.63, 3.8) is 0 Å². The van der Waals surface area contributed by atoms with Crippen molar-refractivity contribution >= 4 is 11.7 Å². The summed E-state index contributed by atoms with van der Waals surface area (Å²) >= 11 is 0. The molecule has 1 amide bonds. The number of nitrogens with zero attached hydrogens (tertiary/aromatic N) is 1. The molecule has 0 aliphatic heterocycles. The summed E-state index contributed by atoms with van der Waals surface area (Å²) in [6.45, 7) is 1.47. The van der Waals surface area contributed by atoms with Gasteiger partial charge in [-0.05, 0) is 24.6 Å². The van der Waals surface area contributed by atoms with E-state index in [4.69, 9.17) is 9.57 Å². The van der Waals surface area contributed by atoms with Crippen molar-refractivity contribution in [3.8, 4) is 5.75 Å². The Balaban J connectivity index is 3.01. The van der Waals surface area contributed by atoms with Crippen LogP contribution < -0.4 is 4.74 Å². The maximum absolute atomic E-state index is 12.2. The highest BCUT2D eigenvalue weighted by Crippen LogP contribution is 2.24. The van der Waals surface area contributed by atoms with Crippen LogP contribution in [0.3, 0.4) is 0 Å². The number of ketones is 1. The Hall–Kier alpha value is -1.88. The minimum absolute atomic E-state index is 0.0429. The number of Topliss-reactive ketones (excluding diaryl/α,β-unsaturated/α-hetero) is 1. The Labute approximate surface area is 113 Å². The number of ether oxygens (including phenoxy) is 1. The van der Waals surface area contributed by atoms with Crippen molar-refractivity contribution in [2.24, 2.45) is 0 Å². The van der Waals surface area contributed by atoms with Gasteiger partial charge >= 0.3 is 0 Å². The molecule has 0 aliphatic carbocycles. The van der Waals surface area contributed by atoms with E-state index < -0.39 is 5.92 Å². The van der Waals surface area contributed by atoms with E-state index in [0.717, 1.165) is 10.6 Å². The number of benzene rings is 1. The molecule has 0 N–H and O–H groups in total. The Morgan fingerprint density at radius 2 is 1.79 bits per heavy atom. The number of likely N-dealkylation sites (N-methyl/N-ethyl adjacent to an activating group) is 1. The van der Waals surface area contributed by atoms with Gasteiger partial charge in [0, 0.05) is 13.5 Å². The second kappa shape index (κ2) is 6.89. The van der Waals surface area contributed by atoms with Crippen LogP contribution in [0.5, 0.6) is 5.75 Å². The van der Waals surface area contributed by atoms with Crippen LogP contribution in [-0.4, -0.2) is 38.0 Å². The number of rotatable bonds is 6. The monoisotopic (exact) mass is 265 g/mol. The molecule has 1 atom stereocenters. The van der Waals surface area contributed by atoms with Gasteiger partial charge in [-0.2, -0.15) is 0 Å². The molecule has 5 heteroatoms. The molecule has 5 nitrogen and oxygen atoms in total. The highest BCUT2D eigenvalue weighted by Gasteiger charge is 2.25. The van der Waals surface area contributed by atoms with Crippen LogP contribution in [0.4, 0.5) is 0 Å². The summed E-state index contributed by atoms with van der Waals surface area (Å²) in [6.07, 6.45) is 0.152. The van der Waals surface area contributed by atoms with Crippen molar-refractivity contribution in [1.29, 1.82) is 0 Å². The van der Waals surface area contributed by atoms with Gasteiger partial charge < -0.3 is 4.74 Å². The summed E-state index contributed by atoms with van der Waals surface area (Å²) in [7, 11) is 4.52. The summed E-state index contributed by atoms with van der Waals surface area (Å²) in [5.41, 5.74) is 0.768. The maximum Gasteiger partial charge on any atom is 0.253 e. The highest BCUT2D eigenvalue weighted by molar-refractivity contribution is 5.89. The van der Waals surface area contributed by atoms with Gasteiger partial charge in [0.15, 0.2) is 0 Å². The van der Waals surface area contributed by atoms with Gasteiger partial charge in [-0.25, -0.2) is 5.06 Å². The average molecular weight is 265 g/mol. The summed E-state index contributed by atoms with van der Waals surface area (Å²) in [6, 6.07) is 7.10. The lowest BCUT2D eigenvalue weighted by Gasteiger charge is -2.21. The third-order valence-electron chi connectivity index (χ3n) is 2.89. The summed E-state index contributed by atoms with van der Waals surface area (Å²) in [4.78, 5) is 28.4. The molecular weight excluding hydrogens is 246 g/mol. The molecule has 1 aromatic rings. The van der Waals surface area contributed by atoms with Crippen LogP contribution in [0, 0.1) is 0 Å². The molecular formula is C14H19NO4. The lowest BCUT2D eigenvalue weighted by Crippen LogP contribution is -2.31. The van der Waals surface area contributed by atoms with E-state index >= 15 is 0 Å². The number of hydrogen-bond acceptors (Lipinski definition) is 4. The van der Waals surface area contributed by atoms with Crippen molar-refractivity contribution < 1.29 is 19.2 Å². The van der Waals surface area contributed by atoms with Gasteiger partial charge in [0.05, 0.1) is 20.1 Å². The van der Waals surface area contributed by atoms with E-state index in [1.54, 1.807) is 31.4 Å². The van der Waals surface area contributed by atoms with Crippen LogP contribution in [0.1, 0.15) is 24.8 Å². The van der Waals surface area contributed by atoms with Gasteiger partial charge in [-0.15, -0.1) is 0 Å². The third-order valence-corrected chi connectivity index (χ3v) is 2.89. The molecule has 1 aromatic carbocycles. The van der Waals surface area contributed by atoms with Gasteiger partial charge in [0.2, 0.25) is 0 Å². The Morgan fingerprint density at radius 3 is 2.21 bits per heavy atom. The fourth-order valence-corrected chi connectivity index (χ4v) is 1.78. The second-order valence-corrected chi connectivity index (χ2v) is 4.25. The predicted molar refractivity (Wildman–Crippen MR) is 70.8 cm³/mol. The standard InChI is InChI=1S/C14H19NO4/c1-10(16)9-13(14(17)15(2)19-4)11-5-7-12(18-3)8-6-11/h5-8,13H,9H2,1-4H3/t13-/m1/s1. The summed E-state index contributed by atoms with van der Waals surface area (Å²) < 4.78 is 5.07. The average Bonchev–Trinajstić information content (AvgIpc) is 2.43. The number of amides is 1. The van der Waals surface area contributed by atoms with Crippen molar-refractivity contribution in [1.82, 2.24) is 5.06 Å². The van der Waals surface area contributed by atoms with Gasteiger partial charge in [0.25, 0.3) is 5.91 Å². The smallest absolute Gasteiger partial charge is 0.253 e. The van der Waals surface area contributed by atoms with Crippen molar-refractivity contribution in [2.45, 2.75) is 19.3 Å². The van der Waals surface area contributed by atoms with Crippen molar-refractivity contribution in [3.05, 3.63) is 29.8 Å². The van der Waals surface area contributed by atoms with E-state index in [9.17, 15) is 9.59 Å². The SMILES string of the molecule is COc1ccc([C@@H](CC(C)=O)C(=O)N(C)OC)cc1. The number of hydrogen-bond donors (Lipinski definition) is 0. The molecule has 0 saturated heterocycles. The molecule has 0 saturated carbocycles. The molecule has 19 heavy (non-hydrogen) atoms. The topological polar surface area (TPSA) is 55.8 Å². The first-order chi connectivity index (χ1) is 8.99. The molecule has 0 aromatic heterocycles. The first kappa shape index (κ1) is 15.2. The predicted octanol–water partition coefficient (Wildman–Crippen LogP) is 1.78. The van der Waals surface area contributed by atoms with Gasteiger partial charge in [0.1, 0.15) is 11.5 Å². The molecule has 0 fully saturated rings. The van der Waals surface area contributed by atoms with E-state index in [1.165, 1.54) is 21.1 Å². The zero-order chi connectivity index (χ0) is 14.4. The molecule has 0 unspecified atom stereocenters. The van der Waals surface area contributed by atoms with Gasteiger partial charge in [-0.1, -0.05) is 12.1 Å². The van der Waals surface area contributed by atoms with Crippen LogP contribution in [0.25, 0.3) is 0 Å². The molecule has 0 aliphatic rings. The first-order valence-electron chi connectivity index (χ1n) is 5.94. The van der Waals surface area contributed by atoms with Crippen LogP contribution in [0.2, 0.25) is 0 Å². The van der Waals surface area contributed by atoms with E-state index in [1.807, 2.05) is 0 Å². The second-order valence-electron chi connectivity index (χ2n) is 4.25. The summed E-state index contributed by atoms with van der Waals surface area (Å²) in [5, 5.41) is 1.14. The number of carbonyl (C=O) groups excluding carboxylic acids is 2. The molecule has 0 bridgehead atoms. The van der Waals surface area contributed by atoms with Crippen LogP contribution in [-0.2, 0) is 14.4 Å². The van der Waals surface area contributed by atoms with E-state index in [0.29, 0.717) is 5.75 Å². The Kier molecular flexibility index (Phi) is 5.51. The molecule has 0 heterocycles. The van der Waals surface area contributed by atoms with E-state index in [2.05, 4.69) is 0 Å². The first-order valence-corrected chi connectivity index (χ1v) is 5.94. The molecule has 0 spiro atoms. The Morgan fingerprint density at radius 1 is 1.21 bits per heavy atom. The largest absolute Gasteiger partial charge is 0.497 e. The normalized spacial score (nSPS) is 11.8. The molecule has 1 rings (SSSR count). The number of carbonyl (C=O) groups is 2. The molecule has 104 valence electrons. The highest BCUT2D eigenvalue weighted by atomic mass is 16.7. The van der Waals surface area contributed by atoms with E-state index in [-0.39, 0.29) is 18.1 Å². The van der Waals surface area contributed by atoms with Gasteiger partial charge in [-0.3, -0.25) is 14.4 Å². The minimum atomic E-state index is -0.534. The fraction of sp³-hybridized carbons (Fsp3) is 0.429. The quantitative estimate of drug-likeness (QED) is 0.736. The Bertz CT molecular complexity index is 441. The van der Waals surface area contributed by atoms with Crippen LogP contribution >= 0.6 is 0 Å². The zero-order valence-corrected chi connectivity index (χ0v) is 11.7. The fourth-order valence-electron chi connectivity index (χ4n) is 1.78. The minimum Gasteiger partial charge on any atom is -0.497 e. The lowest BCUT2D eigenvalue weighted by atomic mass is 9.93. The molecule has 0 radical (unpaired) electrons.